The molecule has 2 heterocycles. The topological polar surface area (TPSA) is 179 Å². The highest BCUT2D eigenvalue weighted by Crippen LogP contribution is 2.37. The van der Waals surface area contributed by atoms with Crippen LogP contribution in [0.5, 0.6) is 5.75 Å². The third kappa shape index (κ3) is 5.42. The SMILES string of the molecule is CON(O[C@@H]1O[C@H](C(=O)O)[C@@H](O)[C@H](O)[C@H]1O)C(C)CC(c1ccccc1)c1c(O)c2ccccc2oc1=O. The molecule has 0 amide bonds. The van der Waals surface area contributed by atoms with Crippen molar-refractivity contribution >= 4 is 16.9 Å². The molecule has 1 aromatic heterocycles. The van der Waals surface area contributed by atoms with Crippen molar-refractivity contribution in [3.05, 3.63) is 76.1 Å². The van der Waals surface area contributed by atoms with E-state index < -0.39 is 54.3 Å². The quantitative estimate of drug-likeness (QED) is 0.196. The number of carboxylic acid groups (broad SMARTS) is 1. The number of hydrogen-bond acceptors (Lipinski definition) is 11. The predicted octanol–water partition coefficient (Wildman–Crippen LogP) is 1.10. The van der Waals surface area contributed by atoms with Crippen LogP contribution in [0.1, 0.15) is 30.4 Å². The molecule has 0 saturated carbocycles. The van der Waals surface area contributed by atoms with Crippen LogP contribution in [0.15, 0.2) is 63.8 Å². The Hall–Kier alpha value is -3.36. The van der Waals surface area contributed by atoms with Crippen molar-refractivity contribution in [3.63, 3.8) is 0 Å². The molecule has 3 aromatic rings. The minimum Gasteiger partial charge on any atom is -0.507 e. The number of carboxylic acids is 1. The van der Waals surface area contributed by atoms with Crippen molar-refractivity contribution in [1.29, 1.82) is 0 Å². The van der Waals surface area contributed by atoms with E-state index in [2.05, 4.69) is 0 Å². The molecule has 1 aliphatic rings. The Morgan fingerprint density at radius 2 is 1.68 bits per heavy atom. The first-order chi connectivity index (χ1) is 18.1. The molecule has 0 spiro atoms. The number of hydroxylamine groups is 2. The number of nitrogens with zero attached hydrogens (tertiary/aromatic N) is 1. The van der Waals surface area contributed by atoms with Crippen molar-refractivity contribution in [2.45, 2.75) is 56.0 Å². The Morgan fingerprint density at radius 3 is 2.34 bits per heavy atom. The smallest absolute Gasteiger partial charge is 0.343 e. The predicted molar refractivity (Wildman–Crippen MR) is 131 cm³/mol. The lowest BCUT2D eigenvalue weighted by atomic mass is 9.86. The molecule has 1 saturated heterocycles. The molecular formula is C26H29NO11. The molecule has 1 aliphatic heterocycles. The van der Waals surface area contributed by atoms with Gasteiger partial charge in [-0.15, -0.1) is 0 Å². The van der Waals surface area contributed by atoms with Crippen LogP contribution >= 0.6 is 0 Å². The first-order valence-electron chi connectivity index (χ1n) is 11.9. The number of aromatic hydroxyl groups is 1. The van der Waals surface area contributed by atoms with Gasteiger partial charge in [-0.25, -0.2) is 14.4 Å². The highest BCUT2D eigenvalue weighted by atomic mass is 17.0. The minimum atomic E-state index is -1.88. The van der Waals surface area contributed by atoms with E-state index in [1.807, 2.05) is 0 Å². The maximum Gasteiger partial charge on any atom is 0.343 e. The Labute approximate surface area is 216 Å². The number of carbonyl (C=O) groups is 1. The molecule has 0 radical (unpaired) electrons. The molecule has 7 atom stereocenters. The summed E-state index contributed by atoms with van der Waals surface area (Å²) in [7, 11) is 1.26. The Balaban J connectivity index is 1.65. The Morgan fingerprint density at radius 1 is 1.03 bits per heavy atom. The second-order valence-electron chi connectivity index (χ2n) is 9.00. The number of aliphatic carboxylic acids is 1. The van der Waals surface area contributed by atoms with Crippen LogP contribution in [-0.2, 0) is 19.2 Å². The zero-order valence-electron chi connectivity index (χ0n) is 20.6. The van der Waals surface area contributed by atoms with E-state index in [1.54, 1.807) is 61.5 Å². The maximum atomic E-state index is 13.1. The van der Waals surface area contributed by atoms with Gasteiger partial charge in [-0.3, -0.25) is 4.84 Å². The van der Waals surface area contributed by atoms with E-state index in [0.717, 1.165) is 5.23 Å². The van der Waals surface area contributed by atoms with Crippen LogP contribution in [0.2, 0.25) is 0 Å². The van der Waals surface area contributed by atoms with E-state index >= 15 is 0 Å². The Bertz CT molecular complexity index is 1310. The van der Waals surface area contributed by atoms with E-state index in [4.69, 9.17) is 18.8 Å². The fourth-order valence-corrected chi connectivity index (χ4v) is 4.56. The van der Waals surface area contributed by atoms with Crippen molar-refractivity contribution in [3.8, 4) is 5.75 Å². The van der Waals surface area contributed by atoms with Gasteiger partial charge in [0.2, 0.25) is 6.29 Å². The summed E-state index contributed by atoms with van der Waals surface area (Å²) in [6.07, 6.45) is -8.99. The van der Waals surface area contributed by atoms with Crippen LogP contribution in [-0.4, -0.2) is 80.6 Å². The number of para-hydroxylation sites is 1. The summed E-state index contributed by atoms with van der Waals surface area (Å²) in [6, 6.07) is 14.8. The summed E-state index contributed by atoms with van der Waals surface area (Å²) in [6.45, 7) is 1.66. The average Bonchev–Trinajstić information content (AvgIpc) is 2.91. The van der Waals surface area contributed by atoms with Crippen LogP contribution in [0, 0.1) is 0 Å². The average molecular weight is 532 g/mol. The van der Waals surface area contributed by atoms with E-state index in [9.17, 15) is 35.1 Å². The van der Waals surface area contributed by atoms with Crippen molar-refractivity contribution in [2.75, 3.05) is 7.11 Å². The van der Waals surface area contributed by atoms with Crippen molar-refractivity contribution in [1.82, 2.24) is 5.23 Å². The lowest BCUT2D eigenvalue weighted by molar-refractivity contribution is -0.451. The fraction of sp³-hybridized carbons (Fsp3) is 0.385. The monoisotopic (exact) mass is 531 g/mol. The third-order valence-electron chi connectivity index (χ3n) is 6.51. The number of hydrogen-bond donors (Lipinski definition) is 5. The normalized spacial score (nSPS) is 25.4. The van der Waals surface area contributed by atoms with Gasteiger partial charge >= 0.3 is 11.6 Å². The molecule has 4 rings (SSSR count). The Kier molecular flexibility index (Phi) is 8.43. The maximum absolute atomic E-state index is 13.1. The minimum absolute atomic E-state index is 0.0243. The van der Waals surface area contributed by atoms with Crippen molar-refractivity contribution < 1.29 is 49.2 Å². The van der Waals surface area contributed by atoms with E-state index in [-0.39, 0.29) is 23.3 Å². The number of benzene rings is 2. The van der Waals surface area contributed by atoms with Gasteiger partial charge in [0.25, 0.3) is 0 Å². The number of aliphatic hydroxyl groups excluding tert-OH is 3. The zero-order chi connectivity index (χ0) is 27.6. The molecule has 0 aliphatic carbocycles. The zero-order valence-corrected chi connectivity index (χ0v) is 20.6. The van der Waals surface area contributed by atoms with Crippen LogP contribution in [0.4, 0.5) is 0 Å². The van der Waals surface area contributed by atoms with Gasteiger partial charge in [-0.2, -0.15) is 0 Å². The second kappa shape index (κ2) is 11.6. The second-order valence-corrected chi connectivity index (χ2v) is 9.00. The number of fused-ring (bicyclic) bond motifs is 1. The van der Waals surface area contributed by atoms with Gasteiger partial charge in [-0.05, 0) is 31.0 Å². The van der Waals surface area contributed by atoms with Gasteiger partial charge in [0.05, 0.1) is 24.1 Å². The lowest BCUT2D eigenvalue weighted by Crippen LogP contribution is -2.61. The number of rotatable bonds is 9. The van der Waals surface area contributed by atoms with Gasteiger partial charge in [0.1, 0.15) is 29.6 Å². The van der Waals surface area contributed by atoms with Gasteiger partial charge in [0, 0.05) is 5.92 Å². The number of aliphatic hydroxyl groups is 3. The van der Waals surface area contributed by atoms with Crippen LogP contribution in [0.3, 0.4) is 0 Å². The molecule has 38 heavy (non-hydrogen) atoms. The first kappa shape index (κ1) is 27.7. The summed E-state index contributed by atoms with van der Waals surface area (Å²) in [5.74, 6) is -2.49. The fourth-order valence-electron chi connectivity index (χ4n) is 4.56. The van der Waals surface area contributed by atoms with Crippen molar-refractivity contribution in [2.24, 2.45) is 0 Å². The summed E-state index contributed by atoms with van der Waals surface area (Å²) in [5, 5.41) is 52.0. The highest BCUT2D eigenvalue weighted by molar-refractivity contribution is 5.84. The van der Waals surface area contributed by atoms with Gasteiger partial charge in [-0.1, -0.05) is 47.7 Å². The van der Waals surface area contributed by atoms with Gasteiger partial charge < -0.3 is 34.7 Å². The summed E-state index contributed by atoms with van der Waals surface area (Å²) >= 11 is 0. The standard InChI is InChI=1S/C26H29NO11/c1-13(27(35-2)38-26-22(31)20(29)21(30)23(37-26)24(32)33)12-16(14-8-4-3-5-9-14)18-19(28)15-10-6-7-11-17(15)36-25(18)34/h3-11,13,16,20-23,26,28-31H,12H2,1-2H3,(H,32,33)/t13?,16?,20-,21-,22+,23-,26-/m0/s1. The third-order valence-corrected chi connectivity index (χ3v) is 6.51. The number of ether oxygens (including phenoxy) is 1. The molecule has 12 nitrogen and oxygen atoms in total. The molecule has 1 fully saturated rings. The molecule has 2 aromatic carbocycles. The lowest BCUT2D eigenvalue weighted by Gasteiger charge is -2.40. The van der Waals surface area contributed by atoms with E-state index in [0.29, 0.717) is 10.9 Å². The molecule has 5 N–H and O–H groups in total. The summed E-state index contributed by atoms with van der Waals surface area (Å²) < 4.78 is 10.7. The summed E-state index contributed by atoms with van der Waals surface area (Å²) in [4.78, 5) is 35.3. The largest absolute Gasteiger partial charge is 0.507 e. The molecule has 12 heteroatoms. The van der Waals surface area contributed by atoms with Crippen LogP contribution in [0.25, 0.3) is 11.0 Å². The molecule has 204 valence electrons. The molecule has 2 unspecified atom stereocenters. The first-order valence-corrected chi connectivity index (χ1v) is 11.9. The molecular weight excluding hydrogens is 502 g/mol. The van der Waals surface area contributed by atoms with Gasteiger partial charge in [0.15, 0.2) is 6.10 Å². The molecule has 0 bridgehead atoms. The van der Waals surface area contributed by atoms with Crippen LogP contribution < -0.4 is 5.63 Å². The summed E-state index contributed by atoms with van der Waals surface area (Å²) in [5.41, 5.74) is 0.222. The highest BCUT2D eigenvalue weighted by Gasteiger charge is 2.48. The van der Waals surface area contributed by atoms with E-state index in [1.165, 1.54) is 7.11 Å².